The minimum atomic E-state index is -0.306. The summed E-state index contributed by atoms with van der Waals surface area (Å²) in [7, 11) is 0. The minimum absolute atomic E-state index is 0.106. The molecule has 9 nitrogen and oxygen atoms in total. The summed E-state index contributed by atoms with van der Waals surface area (Å²) in [5, 5.41) is 12.9. The molecule has 0 aliphatic carbocycles. The molecule has 2 amide bonds. The number of rotatable bonds is 7. The van der Waals surface area contributed by atoms with E-state index in [-0.39, 0.29) is 23.8 Å². The van der Waals surface area contributed by atoms with Gasteiger partial charge in [-0.1, -0.05) is 26.0 Å². The van der Waals surface area contributed by atoms with Crippen LogP contribution in [0.15, 0.2) is 47.3 Å². The Kier molecular flexibility index (Phi) is 6.63. The summed E-state index contributed by atoms with van der Waals surface area (Å²) in [4.78, 5) is 32.2. The summed E-state index contributed by atoms with van der Waals surface area (Å²) in [6.07, 6.45) is 4.60. The van der Waals surface area contributed by atoms with E-state index in [0.717, 1.165) is 26.9 Å². The second-order valence-electron chi connectivity index (χ2n) is 9.04. The second-order valence-corrected chi connectivity index (χ2v) is 10.2. The highest BCUT2D eigenvalue weighted by Gasteiger charge is 2.29. The lowest BCUT2D eigenvalue weighted by molar-refractivity contribution is -0.131. The van der Waals surface area contributed by atoms with Crippen LogP contribution < -0.4 is 5.32 Å². The average Bonchev–Trinajstić information content (AvgIpc) is 3.58. The van der Waals surface area contributed by atoms with Gasteiger partial charge >= 0.3 is 0 Å². The fraction of sp³-hybridized carbons (Fsp3) is 0.400. The number of amides is 2. The van der Waals surface area contributed by atoms with Gasteiger partial charge in [0.25, 0.3) is 5.91 Å². The molecule has 1 aliphatic heterocycles. The lowest BCUT2D eigenvalue weighted by Gasteiger charge is -2.23. The Labute approximate surface area is 207 Å². The monoisotopic (exact) mass is 492 g/mol. The van der Waals surface area contributed by atoms with E-state index in [0.29, 0.717) is 44.5 Å². The Morgan fingerprint density at radius 3 is 2.77 bits per heavy atom. The third-order valence-corrected chi connectivity index (χ3v) is 7.41. The van der Waals surface area contributed by atoms with Crippen LogP contribution in [0.5, 0.6) is 0 Å². The van der Waals surface area contributed by atoms with E-state index in [1.807, 2.05) is 36.9 Å². The predicted octanol–water partition coefficient (Wildman–Crippen LogP) is 3.63. The van der Waals surface area contributed by atoms with Crippen molar-refractivity contribution in [3.05, 3.63) is 65.1 Å². The van der Waals surface area contributed by atoms with Gasteiger partial charge in [0, 0.05) is 38.9 Å². The molecule has 1 N–H and O–H groups in total. The van der Waals surface area contributed by atoms with Crippen LogP contribution in [-0.4, -0.2) is 49.6 Å². The predicted molar refractivity (Wildman–Crippen MR) is 132 cm³/mol. The maximum absolute atomic E-state index is 13.0. The molecule has 182 valence electrons. The number of carbonyl (C=O) groups is 2. The Balaban J connectivity index is 1.24. The zero-order valence-corrected chi connectivity index (χ0v) is 20.6. The van der Waals surface area contributed by atoms with Gasteiger partial charge in [-0.2, -0.15) is 0 Å². The molecule has 0 saturated heterocycles. The van der Waals surface area contributed by atoms with Crippen LogP contribution in [0.3, 0.4) is 0 Å². The number of carbonyl (C=O) groups excluding carboxylic acids is 2. The van der Waals surface area contributed by atoms with Crippen molar-refractivity contribution >= 4 is 33.4 Å². The first-order chi connectivity index (χ1) is 17.0. The number of aromatic nitrogens is 4. The maximum atomic E-state index is 13.0. The molecule has 1 atom stereocenters. The second kappa shape index (κ2) is 9.99. The van der Waals surface area contributed by atoms with E-state index >= 15 is 0 Å². The van der Waals surface area contributed by atoms with Gasteiger partial charge in [0.15, 0.2) is 5.82 Å². The molecule has 10 heteroatoms. The molecule has 5 rings (SSSR count). The fourth-order valence-corrected chi connectivity index (χ4v) is 5.34. The number of para-hydroxylation sites is 1. The van der Waals surface area contributed by atoms with Crippen molar-refractivity contribution in [1.82, 2.24) is 30.0 Å². The summed E-state index contributed by atoms with van der Waals surface area (Å²) in [5.74, 6) is 1.57. The van der Waals surface area contributed by atoms with Crippen molar-refractivity contribution in [1.29, 1.82) is 0 Å². The van der Waals surface area contributed by atoms with Crippen molar-refractivity contribution in [2.45, 2.75) is 45.7 Å². The first-order valence-corrected chi connectivity index (χ1v) is 12.7. The number of benzene rings is 1. The van der Waals surface area contributed by atoms with Crippen LogP contribution in [0.25, 0.3) is 10.2 Å². The topological polar surface area (TPSA) is 106 Å². The SMILES string of the molecule is CC(C)C(NC(=O)c1ccoc1)c1nnc2n1CCN(C(=O)CCc1nc3ccccc3s1)CC2. The number of nitrogens with one attached hydrogen (secondary N) is 1. The normalized spacial score (nSPS) is 14.7. The smallest absolute Gasteiger partial charge is 0.255 e. The fourth-order valence-electron chi connectivity index (χ4n) is 4.37. The first-order valence-electron chi connectivity index (χ1n) is 11.9. The van der Waals surface area contributed by atoms with Crippen LogP contribution in [0.4, 0.5) is 0 Å². The molecule has 0 bridgehead atoms. The zero-order chi connectivity index (χ0) is 24.4. The molecule has 0 spiro atoms. The Morgan fingerprint density at radius 1 is 1.14 bits per heavy atom. The van der Waals surface area contributed by atoms with Crippen LogP contribution in [0, 0.1) is 5.92 Å². The average molecular weight is 493 g/mol. The summed E-state index contributed by atoms with van der Waals surface area (Å²) in [5.41, 5.74) is 1.45. The summed E-state index contributed by atoms with van der Waals surface area (Å²) in [6.45, 7) is 5.85. The Morgan fingerprint density at radius 2 is 2.00 bits per heavy atom. The largest absolute Gasteiger partial charge is 0.472 e. The third-order valence-electron chi connectivity index (χ3n) is 6.31. The highest BCUT2D eigenvalue weighted by molar-refractivity contribution is 7.18. The number of nitrogens with zero attached hydrogens (tertiary/aromatic N) is 5. The van der Waals surface area contributed by atoms with Gasteiger partial charge in [-0.05, 0) is 24.1 Å². The van der Waals surface area contributed by atoms with Gasteiger partial charge in [-0.15, -0.1) is 21.5 Å². The molecule has 1 unspecified atom stereocenters. The van der Waals surface area contributed by atoms with Crippen LogP contribution in [0.2, 0.25) is 0 Å². The van der Waals surface area contributed by atoms with Gasteiger partial charge in [0.1, 0.15) is 12.1 Å². The molecule has 4 heterocycles. The van der Waals surface area contributed by atoms with E-state index in [2.05, 4.69) is 31.1 Å². The highest BCUT2D eigenvalue weighted by atomic mass is 32.1. The Bertz CT molecular complexity index is 1290. The molecular weight excluding hydrogens is 464 g/mol. The Hall–Kier alpha value is -3.53. The summed E-state index contributed by atoms with van der Waals surface area (Å²) < 4.78 is 8.24. The van der Waals surface area contributed by atoms with Crippen molar-refractivity contribution in [2.24, 2.45) is 5.92 Å². The minimum Gasteiger partial charge on any atom is -0.472 e. The number of hydrogen-bond donors (Lipinski definition) is 1. The molecule has 0 radical (unpaired) electrons. The standard InChI is InChI=1S/C25H28N6O3S/c1-16(2)23(27-25(33)17-10-14-34-15-17)24-29-28-20-9-11-30(12-13-31(20)24)22(32)8-7-21-26-18-5-3-4-6-19(18)35-21/h3-6,10,14-16,23H,7-9,11-13H2,1-2H3,(H,27,33). The quantitative estimate of drug-likeness (QED) is 0.422. The lowest BCUT2D eigenvalue weighted by Crippen LogP contribution is -2.35. The number of aryl methyl sites for hydroxylation is 1. The third kappa shape index (κ3) is 4.97. The maximum Gasteiger partial charge on any atom is 0.255 e. The zero-order valence-electron chi connectivity index (χ0n) is 19.8. The van der Waals surface area contributed by atoms with Crippen LogP contribution in [0.1, 0.15) is 53.3 Å². The van der Waals surface area contributed by atoms with Gasteiger partial charge in [-0.3, -0.25) is 9.59 Å². The molecule has 1 aromatic carbocycles. The number of fused-ring (bicyclic) bond motifs is 2. The van der Waals surface area contributed by atoms with Gasteiger partial charge in [0.2, 0.25) is 5.91 Å². The van der Waals surface area contributed by atoms with Gasteiger partial charge in [-0.25, -0.2) is 4.98 Å². The van der Waals surface area contributed by atoms with E-state index in [9.17, 15) is 9.59 Å². The highest BCUT2D eigenvalue weighted by Crippen LogP contribution is 2.25. The van der Waals surface area contributed by atoms with Crippen LogP contribution in [-0.2, 0) is 24.2 Å². The van der Waals surface area contributed by atoms with Crippen molar-refractivity contribution in [3.8, 4) is 0 Å². The van der Waals surface area contributed by atoms with Crippen molar-refractivity contribution in [2.75, 3.05) is 13.1 Å². The van der Waals surface area contributed by atoms with Gasteiger partial charge < -0.3 is 19.2 Å². The molecule has 4 aromatic rings. The molecular formula is C25H28N6O3S. The molecule has 3 aromatic heterocycles. The van der Waals surface area contributed by atoms with Crippen molar-refractivity contribution < 1.29 is 14.0 Å². The number of furan rings is 1. The molecule has 35 heavy (non-hydrogen) atoms. The summed E-state index contributed by atoms with van der Waals surface area (Å²) in [6, 6.07) is 9.37. The molecule has 0 saturated carbocycles. The van der Waals surface area contributed by atoms with Gasteiger partial charge in [0.05, 0.1) is 33.1 Å². The number of thiazole rings is 1. The number of hydrogen-bond acceptors (Lipinski definition) is 7. The molecule has 1 aliphatic rings. The van der Waals surface area contributed by atoms with Crippen LogP contribution >= 0.6 is 11.3 Å². The van der Waals surface area contributed by atoms with E-state index < -0.39 is 0 Å². The van der Waals surface area contributed by atoms with E-state index in [1.165, 1.54) is 12.5 Å². The van der Waals surface area contributed by atoms with Crippen molar-refractivity contribution in [3.63, 3.8) is 0 Å². The summed E-state index contributed by atoms with van der Waals surface area (Å²) >= 11 is 1.65. The lowest BCUT2D eigenvalue weighted by atomic mass is 10.0. The van der Waals surface area contributed by atoms with E-state index in [4.69, 9.17) is 4.42 Å². The first kappa shape index (κ1) is 23.2. The molecule has 0 fully saturated rings. The van der Waals surface area contributed by atoms with E-state index in [1.54, 1.807) is 17.4 Å².